The lowest BCUT2D eigenvalue weighted by atomic mass is 9.96. The van der Waals surface area contributed by atoms with Crippen LogP contribution >= 0.6 is 0 Å². The second kappa shape index (κ2) is 5.55. The Labute approximate surface area is 122 Å². The van der Waals surface area contributed by atoms with Crippen LogP contribution in [0.5, 0.6) is 0 Å². The Hall–Kier alpha value is -2.38. The number of carbonyl (C=O) groups is 1. The van der Waals surface area contributed by atoms with Crippen LogP contribution < -0.4 is 10.2 Å². The van der Waals surface area contributed by atoms with Gasteiger partial charge in [-0.3, -0.25) is 0 Å². The van der Waals surface area contributed by atoms with Gasteiger partial charge in [0.05, 0.1) is 6.54 Å². The SMILES string of the molecule is CN(C)c1ccc2nnc(CNC(=O)OC3CCC3)n2n1. The fraction of sp³-hybridized carbons (Fsp3) is 0.538. The maximum absolute atomic E-state index is 11.6. The number of fused-ring (bicyclic) bond motifs is 1. The van der Waals surface area contributed by atoms with Crippen molar-refractivity contribution in [1.82, 2.24) is 25.1 Å². The molecule has 0 unspecified atom stereocenters. The van der Waals surface area contributed by atoms with E-state index in [1.54, 1.807) is 4.52 Å². The van der Waals surface area contributed by atoms with Crippen LogP contribution in [0.25, 0.3) is 5.65 Å². The lowest BCUT2D eigenvalue weighted by molar-refractivity contribution is 0.0520. The number of amides is 1. The zero-order chi connectivity index (χ0) is 14.8. The molecule has 2 aromatic heterocycles. The smallest absolute Gasteiger partial charge is 0.407 e. The van der Waals surface area contributed by atoms with E-state index in [2.05, 4.69) is 20.6 Å². The predicted octanol–water partition coefficient (Wildman–Crippen LogP) is 0.969. The van der Waals surface area contributed by atoms with Gasteiger partial charge in [0, 0.05) is 14.1 Å². The molecule has 8 heteroatoms. The van der Waals surface area contributed by atoms with E-state index in [1.165, 1.54) is 0 Å². The van der Waals surface area contributed by atoms with E-state index in [0.717, 1.165) is 25.1 Å². The molecule has 0 atom stereocenters. The number of rotatable bonds is 4. The Morgan fingerprint density at radius 1 is 1.43 bits per heavy atom. The number of nitrogens with one attached hydrogen (secondary N) is 1. The normalized spacial score (nSPS) is 14.8. The van der Waals surface area contributed by atoms with Gasteiger partial charge >= 0.3 is 6.09 Å². The third-order valence-corrected chi connectivity index (χ3v) is 3.49. The van der Waals surface area contributed by atoms with Crippen molar-refractivity contribution in [1.29, 1.82) is 0 Å². The number of hydrogen-bond acceptors (Lipinski definition) is 6. The summed E-state index contributed by atoms with van der Waals surface area (Å²) >= 11 is 0. The number of anilines is 1. The lowest BCUT2D eigenvalue weighted by Gasteiger charge is -2.24. The van der Waals surface area contributed by atoms with Crippen LogP contribution in [0.4, 0.5) is 10.6 Å². The van der Waals surface area contributed by atoms with Crippen molar-refractivity contribution in [2.24, 2.45) is 0 Å². The van der Waals surface area contributed by atoms with Gasteiger partial charge in [0.2, 0.25) is 0 Å². The van der Waals surface area contributed by atoms with Gasteiger partial charge in [-0.2, -0.15) is 4.52 Å². The van der Waals surface area contributed by atoms with E-state index in [9.17, 15) is 4.79 Å². The van der Waals surface area contributed by atoms with E-state index < -0.39 is 6.09 Å². The quantitative estimate of drug-likeness (QED) is 0.903. The topological polar surface area (TPSA) is 84.7 Å². The lowest BCUT2D eigenvalue weighted by Crippen LogP contribution is -2.32. The van der Waals surface area contributed by atoms with Crippen molar-refractivity contribution >= 4 is 17.6 Å². The van der Waals surface area contributed by atoms with Gasteiger partial charge in [0.1, 0.15) is 11.9 Å². The molecule has 0 aliphatic heterocycles. The summed E-state index contributed by atoms with van der Waals surface area (Å²) in [4.78, 5) is 13.5. The summed E-state index contributed by atoms with van der Waals surface area (Å²) in [5.41, 5.74) is 0.643. The number of alkyl carbamates (subject to hydrolysis) is 1. The Kier molecular flexibility index (Phi) is 3.59. The van der Waals surface area contributed by atoms with Crippen molar-refractivity contribution in [2.75, 3.05) is 19.0 Å². The summed E-state index contributed by atoms with van der Waals surface area (Å²) < 4.78 is 6.85. The van der Waals surface area contributed by atoms with Crippen LogP contribution in [0.15, 0.2) is 12.1 Å². The average molecular weight is 290 g/mol. The Morgan fingerprint density at radius 3 is 2.90 bits per heavy atom. The number of hydrogen-bond donors (Lipinski definition) is 1. The minimum absolute atomic E-state index is 0.0682. The van der Waals surface area contributed by atoms with E-state index in [0.29, 0.717) is 11.5 Å². The second-order valence-electron chi connectivity index (χ2n) is 5.28. The molecule has 0 spiro atoms. The fourth-order valence-corrected chi connectivity index (χ4v) is 2.01. The first-order valence-electron chi connectivity index (χ1n) is 6.96. The highest BCUT2D eigenvalue weighted by molar-refractivity contribution is 5.67. The molecule has 112 valence electrons. The predicted molar refractivity (Wildman–Crippen MR) is 76.1 cm³/mol. The minimum atomic E-state index is -0.416. The maximum atomic E-state index is 11.6. The molecule has 2 heterocycles. The van der Waals surface area contributed by atoms with Crippen molar-refractivity contribution in [3.63, 3.8) is 0 Å². The summed E-state index contributed by atoms with van der Waals surface area (Å²) in [5.74, 6) is 1.36. The first kappa shape index (κ1) is 13.6. The van der Waals surface area contributed by atoms with E-state index in [4.69, 9.17) is 4.74 Å². The van der Waals surface area contributed by atoms with Crippen LogP contribution in [-0.2, 0) is 11.3 Å². The van der Waals surface area contributed by atoms with Crippen molar-refractivity contribution in [3.8, 4) is 0 Å². The molecule has 1 saturated carbocycles. The third-order valence-electron chi connectivity index (χ3n) is 3.49. The molecule has 1 N–H and O–H groups in total. The van der Waals surface area contributed by atoms with Gasteiger partial charge in [-0.15, -0.1) is 15.3 Å². The Balaban J connectivity index is 1.68. The number of ether oxygens (including phenoxy) is 1. The largest absolute Gasteiger partial charge is 0.446 e. The Morgan fingerprint density at radius 2 is 2.24 bits per heavy atom. The molecule has 1 fully saturated rings. The van der Waals surface area contributed by atoms with Gasteiger partial charge in [0.25, 0.3) is 0 Å². The molecule has 0 saturated heterocycles. The van der Waals surface area contributed by atoms with Crippen LogP contribution in [0.2, 0.25) is 0 Å². The van der Waals surface area contributed by atoms with E-state index in [-0.39, 0.29) is 12.6 Å². The average Bonchev–Trinajstić information content (AvgIpc) is 2.83. The van der Waals surface area contributed by atoms with Gasteiger partial charge in [-0.25, -0.2) is 4.79 Å². The van der Waals surface area contributed by atoms with E-state index in [1.807, 2.05) is 31.1 Å². The summed E-state index contributed by atoms with van der Waals surface area (Å²) in [6, 6.07) is 3.71. The summed E-state index contributed by atoms with van der Waals surface area (Å²) in [5, 5.41) is 15.2. The molecule has 0 bridgehead atoms. The highest BCUT2D eigenvalue weighted by Crippen LogP contribution is 2.21. The van der Waals surface area contributed by atoms with Crippen LogP contribution in [0.3, 0.4) is 0 Å². The van der Waals surface area contributed by atoms with Crippen molar-refractivity contribution in [2.45, 2.75) is 31.9 Å². The van der Waals surface area contributed by atoms with Gasteiger partial charge < -0.3 is 15.0 Å². The number of carbonyl (C=O) groups excluding carboxylic acids is 1. The molecule has 8 nitrogen and oxygen atoms in total. The second-order valence-corrected chi connectivity index (χ2v) is 5.28. The molecule has 1 aliphatic carbocycles. The van der Waals surface area contributed by atoms with Gasteiger partial charge in [-0.05, 0) is 31.4 Å². The minimum Gasteiger partial charge on any atom is -0.446 e. The number of aromatic nitrogens is 4. The van der Waals surface area contributed by atoms with Crippen LogP contribution in [0, 0.1) is 0 Å². The summed E-state index contributed by atoms with van der Waals surface area (Å²) in [6.07, 6.45) is 2.69. The van der Waals surface area contributed by atoms with Crippen LogP contribution in [-0.4, -0.2) is 46.1 Å². The first-order valence-corrected chi connectivity index (χ1v) is 6.96. The standard InChI is InChI=1S/C13H18N6O2/c1-18(2)11-7-6-10-15-16-12(19(10)17-11)8-14-13(20)21-9-4-3-5-9/h6-7,9H,3-5,8H2,1-2H3,(H,14,20). The van der Waals surface area contributed by atoms with E-state index >= 15 is 0 Å². The molecule has 3 rings (SSSR count). The van der Waals surface area contributed by atoms with Crippen LogP contribution in [0.1, 0.15) is 25.1 Å². The molecular weight excluding hydrogens is 272 g/mol. The maximum Gasteiger partial charge on any atom is 0.407 e. The molecule has 0 aromatic carbocycles. The summed E-state index contributed by atoms with van der Waals surface area (Å²) in [7, 11) is 3.82. The molecule has 0 radical (unpaired) electrons. The Bertz CT molecular complexity index is 649. The molecule has 1 amide bonds. The molecule has 2 aromatic rings. The summed E-state index contributed by atoms with van der Waals surface area (Å²) in [6.45, 7) is 0.233. The zero-order valence-corrected chi connectivity index (χ0v) is 12.1. The zero-order valence-electron chi connectivity index (χ0n) is 12.1. The number of nitrogens with zero attached hydrogens (tertiary/aromatic N) is 5. The highest BCUT2D eigenvalue weighted by atomic mass is 16.6. The first-order chi connectivity index (χ1) is 10.1. The highest BCUT2D eigenvalue weighted by Gasteiger charge is 2.21. The third kappa shape index (κ3) is 2.88. The van der Waals surface area contributed by atoms with Crippen molar-refractivity contribution < 1.29 is 9.53 Å². The monoisotopic (exact) mass is 290 g/mol. The molecule has 21 heavy (non-hydrogen) atoms. The van der Waals surface area contributed by atoms with Crippen molar-refractivity contribution in [3.05, 3.63) is 18.0 Å². The molecular formula is C13H18N6O2. The van der Waals surface area contributed by atoms with Gasteiger partial charge in [-0.1, -0.05) is 0 Å². The van der Waals surface area contributed by atoms with Gasteiger partial charge in [0.15, 0.2) is 11.5 Å². The molecule has 1 aliphatic rings. The fourth-order valence-electron chi connectivity index (χ4n) is 2.01.